The molecule has 0 aliphatic carbocycles. The normalized spacial score (nSPS) is 27.8. The number of nitrogens with zero attached hydrogens (tertiary/aromatic N) is 1. The van der Waals surface area contributed by atoms with Crippen LogP contribution in [0.3, 0.4) is 0 Å². The molecule has 1 aromatic rings. The summed E-state index contributed by atoms with van der Waals surface area (Å²) in [6.07, 6.45) is 5.70. The first kappa shape index (κ1) is 8.66. The van der Waals surface area contributed by atoms with E-state index in [1.165, 1.54) is 0 Å². The van der Waals surface area contributed by atoms with E-state index in [0.717, 1.165) is 24.9 Å². The van der Waals surface area contributed by atoms with Gasteiger partial charge in [0.2, 0.25) is 0 Å². The Morgan fingerprint density at radius 1 is 1.62 bits per heavy atom. The van der Waals surface area contributed by atoms with Gasteiger partial charge in [-0.05, 0) is 31.0 Å². The van der Waals surface area contributed by atoms with Gasteiger partial charge in [0.05, 0.1) is 12.1 Å². The van der Waals surface area contributed by atoms with Crippen LogP contribution in [0.1, 0.15) is 18.4 Å². The summed E-state index contributed by atoms with van der Waals surface area (Å²) in [7, 11) is 0. The molecule has 1 fully saturated rings. The van der Waals surface area contributed by atoms with Gasteiger partial charge in [0.1, 0.15) is 0 Å². The molecular formula is C10H14N2O. The Bertz CT molecular complexity index is 268. The lowest BCUT2D eigenvalue weighted by atomic mass is 9.91. The van der Waals surface area contributed by atoms with Crippen LogP contribution in [-0.4, -0.2) is 23.2 Å². The average Bonchev–Trinajstić information content (AvgIpc) is 2.69. The molecule has 0 saturated carbocycles. The minimum Gasteiger partial charge on any atom is -0.394 e. The van der Waals surface area contributed by atoms with Gasteiger partial charge in [-0.15, -0.1) is 0 Å². The second kappa shape index (κ2) is 3.44. The van der Waals surface area contributed by atoms with Crippen molar-refractivity contribution in [1.82, 2.24) is 10.3 Å². The Hall–Kier alpha value is -0.930. The molecule has 1 aliphatic rings. The predicted octanol–water partition coefficient (Wildman–Crippen LogP) is 0.653. The SMILES string of the molecule is OCC1(c2cccnc2)CCCN1. The van der Waals surface area contributed by atoms with Crippen molar-refractivity contribution in [2.45, 2.75) is 18.4 Å². The van der Waals surface area contributed by atoms with Gasteiger partial charge >= 0.3 is 0 Å². The molecule has 1 aliphatic heterocycles. The van der Waals surface area contributed by atoms with E-state index in [4.69, 9.17) is 0 Å². The summed E-state index contributed by atoms with van der Waals surface area (Å²) in [5.41, 5.74) is 0.865. The fourth-order valence-corrected chi connectivity index (χ4v) is 1.92. The van der Waals surface area contributed by atoms with Gasteiger partial charge < -0.3 is 10.4 Å². The maximum Gasteiger partial charge on any atom is 0.0684 e. The first-order valence-corrected chi connectivity index (χ1v) is 4.64. The van der Waals surface area contributed by atoms with Crippen molar-refractivity contribution in [1.29, 1.82) is 0 Å². The van der Waals surface area contributed by atoms with E-state index >= 15 is 0 Å². The summed E-state index contributed by atoms with van der Waals surface area (Å²) in [6.45, 7) is 1.13. The van der Waals surface area contributed by atoms with Crippen LogP contribution in [0, 0.1) is 0 Å². The van der Waals surface area contributed by atoms with Crippen LogP contribution < -0.4 is 5.32 Å². The van der Waals surface area contributed by atoms with Crippen LogP contribution in [0.15, 0.2) is 24.5 Å². The van der Waals surface area contributed by atoms with Crippen molar-refractivity contribution in [3.05, 3.63) is 30.1 Å². The number of hydrogen-bond acceptors (Lipinski definition) is 3. The lowest BCUT2D eigenvalue weighted by molar-refractivity contribution is 0.178. The molecule has 70 valence electrons. The van der Waals surface area contributed by atoms with E-state index in [9.17, 15) is 5.11 Å². The van der Waals surface area contributed by atoms with Crippen LogP contribution in [0.4, 0.5) is 0 Å². The minimum absolute atomic E-state index is 0.151. The van der Waals surface area contributed by atoms with Crippen molar-refractivity contribution in [2.24, 2.45) is 0 Å². The standard InChI is InChI=1S/C10H14N2O/c13-8-10(4-2-6-12-10)9-3-1-5-11-7-9/h1,3,5,7,12-13H,2,4,6,8H2. The predicted molar refractivity (Wildman–Crippen MR) is 50.2 cm³/mol. The smallest absolute Gasteiger partial charge is 0.0684 e. The van der Waals surface area contributed by atoms with Gasteiger partial charge in [0.15, 0.2) is 0 Å². The van der Waals surface area contributed by atoms with Crippen molar-refractivity contribution in [2.75, 3.05) is 13.2 Å². The third-order valence-electron chi connectivity index (χ3n) is 2.73. The minimum atomic E-state index is -0.228. The van der Waals surface area contributed by atoms with E-state index in [2.05, 4.69) is 10.3 Å². The molecule has 1 saturated heterocycles. The van der Waals surface area contributed by atoms with Crippen molar-refractivity contribution < 1.29 is 5.11 Å². The fourth-order valence-electron chi connectivity index (χ4n) is 1.92. The molecule has 13 heavy (non-hydrogen) atoms. The Morgan fingerprint density at radius 2 is 2.54 bits per heavy atom. The highest BCUT2D eigenvalue weighted by Crippen LogP contribution is 2.29. The number of hydrogen-bond donors (Lipinski definition) is 2. The van der Waals surface area contributed by atoms with Crippen molar-refractivity contribution in [3.8, 4) is 0 Å². The number of aliphatic hydroxyl groups excluding tert-OH is 1. The van der Waals surface area contributed by atoms with Crippen LogP contribution in [0.2, 0.25) is 0 Å². The highest BCUT2D eigenvalue weighted by Gasteiger charge is 2.34. The maximum absolute atomic E-state index is 9.38. The van der Waals surface area contributed by atoms with E-state index in [-0.39, 0.29) is 12.1 Å². The zero-order valence-electron chi connectivity index (χ0n) is 7.53. The van der Waals surface area contributed by atoms with Gasteiger partial charge in [-0.1, -0.05) is 6.07 Å². The van der Waals surface area contributed by atoms with Crippen molar-refractivity contribution >= 4 is 0 Å². The molecule has 0 bridgehead atoms. The molecule has 0 amide bonds. The first-order chi connectivity index (χ1) is 6.37. The van der Waals surface area contributed by atoms with E-state index in [1.807, 2.05) is 18.3 Å². The monoisotopic (exact) mass is 178 g/mol. The molecule has 0 aromatic carbocycles. The molecule has 1 aromatic heterocycles. The first-order valence-electron chi connectivity index (χ1n) is 4.64. The number of aromatic nitrogens is 1. The molecule has 1 unspecified atom stereocenters. The van der Waals surface area contributed by atoms with Gasteiger partial charge in [-0.3, -0.25) is 4.98 Å². The Balaban J connectivity index is 2.31. The topological polar surface area (TPSA) is 45.2 Å². The number of rotatable bonds is 2. The lowest BCUT2D eigenvalue weighted by Gasteiger charge is -2.27. The van der Waals surface area contributed by atoms with Crippen LogP contribution in [0.25, 0.3) is 0 Å². The highest BCUT2D eigenvalue weighted by atomic mass is 16.3. The average molecular weight is 178 g/mol. The van der Waals surface area contributed by atoms with Gasteiger partial charge in [0.25, 0.3) is 0 Å². The molecule has 0 radical (unpaired) electrons. The molecule has 2 rings (SSSR count). The molecule has 2 N–H and O–H groups in total. The molecule has 2 heterocycles. The summed E-state index contributed by atoms with van der Waals surface area (Å²) in [5.74, 6) is 0. The Kier molecular flexibility index (Phi) is 2.29. The number of aliphatic hydroxyl groups is 1. The Labute approximate surface area is 77.8 Å². The summed E-state index contributed by atoms with van der Waals surface area (Å²) in [5, 5.41) is 12.7. The molecule has 0 spiro atoms. The fraction of sp³-hybridized carbons (Fsp3) is 0.500. The van der Waals surface area contributed by atoms with Crippen molar-refractivity contribution in [3.63, 3.8) is 0 Å². The second-order valence-electron chi connectivity index (χ2n) is 3.51. The maximum atomic E-state index is 9.38. The number of nitrogens with one attached hydrogen (secondary N) is 1. The quantitative estimate of drug-likeness (QED) is 0.699. The zero-order valence-corrected chi connectivity index (χ0v) is 7.53. The largest absolute Gasteiger partial charge is 0.394 e. The van der Waals surface area contributed by atoms with Crippen LogP contribution in [0.5, 0.6) is 0 Å². The highest BCUT2D eigenvalue weighted by molar-refractivity contribution is 5.22. The van der Waals surface area contributed by atoms with E-state index < -0.39 is 0 Å². The Morgan fingerprint density at radius 3 is 3.08 bits per heavy atom. The van der Waals surface area contributed by atoms with E-state index in [1.54, 1.807) is 6.20 Å². The third-order valence-corrected chi connectivity index (χ3v) is 2.73. The summed E-state index contributed by atoms with van der Waals surface area (Å²) in [6, 6.07) is 3.92. The van der Waals surface area contributed by atoms with Crippen LogP contribution >= 0.6 is 0 Å². The number of pyridine rings is 1. The molecule has 1 atom stereocenters. The molecular weight excluding hydrogens is 164 g/mol. The van der Waals surface area contributed by atoms with Gasteiger partial charge in [-0.25, -0.2) is 0 Å². The summed E-state index contributed by atoms with van der Waals surface area (Å²) in [4.78, 5) is 4.07. The van der Waals surface area contributed by atoms with Gasteiger partial charge in [0, 0.05) is 12.4 Å². The zero-order chi connectivity index (χ0) is 9.15. The lowest BCUT2D eigenvalue weighted by Crippen LogP contribution is -2.40. The molecule has 3 heteroatoms. The summed E-state index contributed by atoms with van der Waals surface area (Å²) >= 11 is 0. The third kappa shape index (κ3) is 1.45. The summed E-state index contributed by atoms with van der Waals surface area (Å²) < 4.78 is 0. The molecule has 3 nitrogen and oxygen atoms in total. The second-order valence-corrected chi connectivity index (χ2v) is 3.51. The van der Waals surface area contributed by atoms with Crippen LogP contribution in [-0.2, 0) is 5.54 Å². The van der Waals surface area contributed by atoms with Gasteiger partial charge in [-0.2, -0.15) is 0 Å². The van der Waals surface area contributed by atoms with E-state index in [0.29, 0.717) is 0 Å².